The molecule has 2 unspecified atom stereocenters. The fourth-order valence-corrected chi connectivity index (χ4v) is 0.562. The second-order valence-corrected chi connectivity index (χ2v) is 2.41. The number of nitrogens with zero attached hydrogens (tertiary/aromatic N) is 1. The van der Waals surface area contributed by atoms with Crippen molar-refractivity contribution in [1.82, 2.24) is 5.06 Å². The number of hydrogen-bond donors (Lipinski definition) is 3. The van der Waals surface area contributed by atoms with Gasteiger partial charge in [-0.25, -0.2) is 0 Å². The lowest BCUT2D eigenvalue weighted by Crippen LogP contribution is -2.45. The Balaban J connectivity index is 4.28. The molecule has 0 aliphatic carbocycles. The molecule has 0 spiro atoms. The monoisotopic (exact) mass is 177 g/mol. The molecule has 0 radical (unpaired) electrons. The van der Waals surface area contributed by atoms with E-state index < -0.39 is 24.0 Å². The van der Waals surface area contributed by atoms with Gasteiger partial charge in [-0.05, 0) is 13.8 Å². The number of rotatable bonds is 4. The fourth-order valence-electron chi connectivity index (χ4n) is 0.562. The van der Waals surface area contributed by atoms with Gasteiger partial charge in [0.05, 0.1) is 0 Å². The van der Waals surface area contributed by atoms with Crippen molar-refractivity contribution >= 4 is 11.9 Å². The van der Waals surface area contributed by atoms with Gasteiger partial charge < -0.3 is 15.4 Å². The lowest BCUT2D eigenvalue weighted by atomic mass is 10.2. The van der Waals surface area contributed by atoms with E-state index in [0.29, 0.717) is 0 Å². The van der Waals surface area contributed by atoms with Crippen LogP contribution in [0.3, 0.4) is 0 Å². The third-order valence-electron chi connectivity index (χ3n) is 1.51. The van der Waals surface area contributed by atoms with Gasteiger partial charge in [-0.2, -0.15) is 5.06 Å². The van der Waals surface area contributed by atoms with E-state index in [1.54, 1.807) is 0 Å². The zero-order valence-electron chi connectivity index (χ0n) is 6.76. The first-order valence-corrected chi connectivity index (χ1v) is 3.30. The second-order valence-electron chi connectivity index (χ2n) is 2.41. The van der Waals surface area contributed by atoms with Crippen LogP contribution in [0.5, 0.6) is 0 Å². The van der Waals surface area contributed by atoms with Crippen LogP contribution in [0.15, 0.2) is 0 Å². The molecule has 0 aliphatic rings. The van der Waals surface area contributed by atoms with Crippen LogP contribution in [-0.2, 0) is 9.59 Å². The summed E-state index contributed by atoms with van der Waals surface area (Å²) >= 11 is 0. The minimum absolute atomic E-state index is 0.282. The first-order valence-electron chi connectivity index (χ1n) is 3.30. The molecule has 12 heavy (non-hydrogen) atoms. The molecular weight excluding hydrogens is 166 g/mol. The summed E-state index contributed by atoms with van der Waals surface area (Å²) in [5.41, 5.74) is 0. The second kappa shape index (κ2) is 4.03. The smallest absolute Gasteiger partial charge is 0.323 e. The molecule has 0 saturated carbocycles. The van der Waals surface area contributed by atoms with Crippen LogP contribution in [0.2, 0.25) is 0 Å². The molecule has 2 atom stereocenters. The summed E-state index contributed by atoms with van der Waals surface area (Å²) in [5.74, 6) is -2.55. The van der Waals surface area contributed by atoms with E-state index in [-0.39, 0.29) is 5.06 Å². The van der Waals surface area contributed by atoms with Crippen molar-refractivity contribution in [2.45, 2.75) is 25.9 Å². The standard InChI is InChI=1S/C6H11NO5/c1-3(5(8)9)7(12)4(2)6(10)11/h3-4,12H,1-2H3,(H,8,9)(H,10,11). The van der Waals surface area contributed by atoms with Gasteiger partial charge in [-0.15, -0.1) is 0 Å². The van der Waals surface area contributed by atoms with Crippen LogP contribution >= 0.6 is 0 Å². The number of carbonyl (C=O) groups is 2. The van der Waals surface area contributed by atoms with Gasteiger partial charge in [0.1, 0.15) is 12.1 Å². The molecule has 0 saturated heterocycles. The molecule has 0 bridgehead atoms. The zero-order valence-corrected chi connectivity index (χ0v) is 6.76. The minimum atomic E-state index is -1.27. The van der Waals surface area contributed by atoms with Gasteiger partial charge in [0.15, 0.2) is 0 Å². The first-order chi connectivity index (χ1) is 5.37. The Morgan fingerprint density at radius 1 is 1.08 bits per heavy atom. The van der Waals surface area contributed by atoms with Crippen LogP contribution in [0.4, 0.5) is 0 Å². The SMILES string of the molecule is CC(C(=O)O)N(O)C(C)C(=O)O. The van der Waals surface area contributed by atoms with E-state index in [9.17, 15) is 9.59 Å². The topological polar surface area (TPSA) is 98.1 Å². The zero-order chi connectivity index (χ0) is 9.89. The maximum atomic E-state index is 10.3. The molecule has 0 aromatic heterocycles. The fraction of sp³-hybridized carbons (Fsp3) is 0.667. The highest BCUT2D eigenvalue weighted by Gasteiger charge is 2.27. The molecule has 6 heteroatoms. The number of aliphatic carboxylic acids is 2. The molecule has 0 heterocycles. The Morgan fingerprint density at radius 2 is 1.33 bits per heavy atom. The van der Waals surface area contributed by atoms with E-state index in [1.807, 2.05) is 0 Å². The van der Waals surface area contributed by atoms with Gasteiger partial charge >= 0.3 is 11.9 Å². The van der Waals surface area contributed by atoms with Crippen molar-refractivity contribution in [3.8, 4) is 0 Å². The Kier molecular flexibility index (Phi) is 3.65. The highest BCUT2D eigenvalue weighted by molar-refractivity contribution is 5.76. The summed E-state index contributed by atoms with van der Waals surface area (Å²) in [5, 5.41) is 26.1. The van der Waals surface area contributed by atoms with Crippen molar-refractivity contribution < 1.29 is 25.0 Å². The van der Waals surface area contributed by atoms with Gasteiger partial charge in [0.2, 0.25) is 0 Å². The Bertz CT molecular complexity index is 172. The number of carboxylic acid groups (broad SMARTS) is 2. The summed E-state index contributed by atoms with van der Waals surface area (Å²) in [7, 11) is 0. The molecule has 0 aromatic rings. The highest BCUT2D eigenvalue weighted by atomic mass is 16.5. The number of carboxylic acids is 2. The maximum Gasteiger partial charge on any atom is 0.323 e. The summed E-state index contributed by atoms with van der Waals surface area (Å²) in [6, 6.07) is -2.45. The van der Waals surface area contributed by atoms with E-state index >= 15 is 0 Å². The molecule has 0 aromatic carbocycles. The molecule has 0 fully saturated rings. The summed E-state index contributed by atoms with van der Waals surface area (Å²) in [6.07, 6.45) is 0. The third-order valence-corrected chi connectivity index (χ3v) is 1.51. The van der Waals surface area contributed by atoms with Gasteiger partial charge in [0.25, 0.3) is 0 Å². The minimum Gasteiger partial charge on any atom is -0.480 e. The normalized spacial score (nSPS) is 15.7. The Labute approximate surface area is 69.0 Å². The van der Waals surface area contributed by atoms with Gasteiger partial charge in [-0.3, -0.25) is 9.59 Å². The Hall–Kier alpha value is -1.14. The first kappa shape index (κ1) is 10.9. The van der Waals surface area contributed by atoms with Crippen LogP contribution in [0, 0.1) is 0 Å². The van der Waals surface area contributed by atoms with E-state index in [2.05, 4.69) is 0 Å². The number of hydroxylamine groups is 2. The van der Waals surface area contributed by atoms with Crippen molar-refractivity contribution in [3.63, 3.8) is 0 Å². The summed E-state index contributed by atoms with van der Waals surface area (Å²) in [4.78, 5) is 20.5. The molecule has 6 nitrogen and oxygen atoms in total. The van der Waals surface area contributed by atoms with E-state index in [0.717, 1.165) is 0 Å². The lowest BCUT2D eigenvalue weighted by molar-refractivity contribution is -0.188. The predicted octanol–water partition coefficient (Wildman–Crippen LogP) is -0.376. The van der Waals surface area contributed by atoms with E-state index in [4.69, 9.17) is 15.4 Å². The number of hydrogen-bond acceptors (Lipinski definition) is 4. The molecular formula is C6H11NO5. The van der Waals surface area contributed by atoms with Crippen molar-refractivity contribution in [3.05, 3.63) is 0 Å². The largest absolute Gasteiger partial charge is 0.480 e. The summed E-state index contributed by atoms with van der Waals surface area (Å²) in [6.45, 7) is 2.39. The average molecular weight is 177 g/mol. The van der Waals surface area contributed by atoms with E-state index in [1.165, 1.54) is 13.8 Å². The lowest BCUT2D eigenvalue weighted by Gasteiger charge is -2.22. The van der Waals surface area contributed by atoms with Crippen molar-refractivity contribution in [1.29, 1.82) is 0 Å². The molecule has 3 N–H and O–H groups in total. The predicted molar refractivity (Wildman–Crippen MR) is 37.8 cm³/mol. The third kappa shape index (κ3) is 2.48. The van der Waals surface area contributed by atoms with Crippen molar-refractivity contribution in [2.75, 3.05) is 0 Å². The van der Waals surface area contributed by atoms with Crippen LogP contribution in [0.25, 0.3) is 0 Å². The summed E-state index contributed by atoms with van der Waals surface area (Å²) < 4.78 is 0. The quantitative estimate of drug-likeness (QED) is 0.506. The van der Waals surface area contributed by atoms with Crippen LogP contribution in [-0.4, -0.2) is 44.5 Å². The molecule has 0 aliphatic heterocycles. The average Bonchev–Trinajstić information content (AvgIpc) is 2.00. The van der Waals surface area contributed by atoms with Crippen LogP contribution < -0.4 is 0 Å². The van der Waals surface area contributed by atoms with Crippen molar-refractivity contribution in [2.24, 2.45) is 0 Å². The van der Waals surface area contributed by atoms with Crippen LogP contribution in [0.1, 0.15) is 13.8 Å². The van der Waals surface area contributed by atoms with Gasteiger partial charge in [0, 0.05) is 0 Å². The van der Waals surface area contributed by atoms with Gasteiger partial charge in [-0.1, -0.05) is 0 Å². The highest BCUT2D eigenvalue weighted by Crippen LogP contribution is 2.01. The maximum absolute atomic E-state index is 10.3. The molecule has 0 rings (SSSR count). The Morgan fingerprint density at radius 3 is 1.50 bits per heavy atom. The molecule has 0 amide bonds. The molecule has 70 valence electrons.